The second-order valence-electron chi connectivity index (χ2n) is 6.88. The van der Waals surface area contributed by atoms with Crippen molar-refractivity contribution in [2.75, 3.05) is 37.5 Å². The van der Waals surface area contributed by atoms with Gasteiger partial charge in [0.25, 0.3) is 0 Å². The van der Waals surface area contributed by atoms with Crippen molar-refractivity contribution in [1.82, 2.24) is 10.6 Å². The normalized spacial score (nSPS) is 15.7. The van der Waals surface area contributed by atoms with Gasteiger partial charge in [-0.1, -0.05) is 12.1 Å². The third kappa shape index (κ3) is 7.30. The molecule has 0 spiro atoms. The van der Waals surface area contributed by atoms with Gasteiger partial charge in [-0.05, 0) is 43.4 Å². The molecule has 0 amide bonds. The molecule has 1 aromatic carbocycles. The van der Waals surface area contributed by atoms with Crippen LogP contribution in [0.3, 0.4) is 0 Å². The van der Waals surface area contributed by atoms with Crippen LogP contribution in [0.2, 0.25) is 0 Å². The number of sulfone groups is 1. The van der Waals surface area contributed by atoms with Crippen LogP contribution in [-0.4, -0.2) is 53.1 Å². The van der Waals surface area contributed by atoms with Crippen molar-refractivity contribution in [1.29, 1.82) is 0 Å². The number of aryl methyl sites for hydroxylation is 1. The number of halogens is 1. The number of nitrogens with one attached hydrogen (secondary N) is 2. The zero-order valence-electron chi connectivity index (χ0n) is 16.1. The number of hydrogen-bond acceptors (Lipinski definition) is 4. The molecule has 1 aliphatic heterocycles. The van der Waals surface area contributed by atoms with Crippen molar-refractivity contribution in [3.63, 3.8) is 0 Å². The van der Waals surface area contributed by atoms with E-state index in [0.29, 0.717) is 18.9 Å². The molecule has 2 rings (SSSR count). The Morgan fingerprint density at radius 2 is 2.12 bits per heavy atom. The van der Waals surface area contributed by atoms with Crippen molar-refractivity contribution >= 4 is 45.5 Å². The van der Waals surface area contributed by atoms with Crippen LogP contribution in [0.15, 0.2) is 23.2 Å². The van der Waals surface area contributed by atoms with Gasteiger partial charge in [0.05, 0.1) is 5.75 Å². The van der Waals surface area contributed by atoms with Gasteiger partial charge in [0, 0.05) is 45.2 Å². The Morgan fingerprint density at radius 1 is 1.38 bits per heavy atom. The molecule has 26 heavy (non-hydrogen) atoms. The first-order chi connectivity index (χ1) is 11.8. The maximum atomic E-state index is 11.3. The van der Waals surface area contributed by atoms with Crippen molar-refractivity contribution in [2.45, 2.75) is 38.8 Å². The molecule has 0 aromatic heterocycles. The van der Waals surface area contributed by atoms with Crippen molar-refractivity contribution in [3.8, 4) is 0 Å². The van der Waals surface area contributed by atoms with E-state index in [9.17, 15) is 8.42 Å². The molecule has 0 aliphatic carbocycles. The summed E-state index contributed by atoms with van der Waals surface area (Å²) >= 11 is 0. The van der Waals surface area contributed by atoms with Gasteiger partial charge in [0.2, 0.25) is 0 Å². The van der Waals surface area contributed by atoms with Gasteiger partial charge in [0.15, 0.2) is 5.96 Å². The minimum Gasteiger partial charge on any atom is -0.374 e. The molecule has 0 saturated carbocycles. The molecule has 0 radical (unpaired) electrons. The Morgan fingerprint density at radius 3 is 2.77 bits per heavy atom. The molecule has 6 nitrogen and oxygen atoms in total. The van der Waals surface area contributed by atoms with Crippen molar-refractivity contribution in [2.24, 2.45) is 4.99 Å². The van der Waals surface area contributed by atoms with E-state index in [-0.39, 0.29) is 35.8 Å². The SMILES string of the molecule is CN=C(NCc1ccc2c(c1)CCCN2C)NC(C)CCS(C)(=O)=O.I. The molecular formula is C18H31IN4O2S. The average molecular weight is 494 g/mol. The maximum absolute atomic E-state index is 11.3. The Kier molecular flexibility index (Phi) is 9.15. The highest BCUT2D eigenvalue weighted by Crippen LogP contribution is 2.26. The van der Waals surface area contributed by atoms with Crippen LogP contribution < -0.4 is 15.5 Å². The number of benzene rings is 1. The number of nitrogens with zero attached hydrogens (tertiary/aromatic N) is 2. The van der Waals surface area contributed by atoms with Gasteiger partial charge in [-0.15, -0.1) is 24.0 Å². The van der Waals surface area contributed by atoms with Crippen LogP contribution in [0.25, 0.3) is 0 Å². The molecule has 1 heterocycles. The highest BCUT2D eigenvalue weighted by molar-refractivity contribution is 14.0. The monoisotopic (exact) mass is 494 g/mol. The second kappa shape index (κ2) is 10.3. The fourth-order valence-electron chi connectivity index (χ4n) is 3.03. The molecule has 1 atom stereocenters. The predicted octanol–water partition coefficient (Wildman–Crippen LogP) is 2.18. The van der Waals surface area contributed by atoms with E-state index >= 15 is 0 Å². The van der Waals surface area contributed by atoms with Gasteiger partial charge in [-0.2, -0.15) is 0 Å². The summed E-state index contributed by atoms with van der Waals surface area (Å²) in [6, 6.07) is 6.64. The Hall–Kier alpha value is -1.03. The van der Waals surface area contributed by atoms with E-state index in [1.54, 1.807) is 7.05 Å². The van der Waals surface area contributed by atoms with E-state index in [4.69, 9.17) is 0 Å². The zero-order valence-corrected chi connectivity index (χ0v) is 19.2. The smallest absolute Gasteiger partial charge is 0.191 e. The summed E-state index contributed by atoms with van der Waals surface area (Å²) in [5, 5.41) is 6.55. The Labute approximate surface area is 174 Å². The summed E-state index contributed by atoms with van der Waals surface area (Å²) in [7, 11) is 0.927. The molecule has 148 valence electrons. The first-order valence-corrected chi connectivity index (χ1v) is 10.8. The zero-order chi connectivity index (χ0) is 18.4. The summed E-state index contributed by atoms with van der Waals surface area (Å²) in [6.45, 7) is 3.77. The fraction of sp³-hybridized carbons (Fsp3) is 0.611. The van der Waals surface area contributed by atoms with Gasteiger partial charge in [0.1, 0.15) is 9.84 Å². The van der Waals surface area contributed by atoms with Crippen LogP contribution in [0.1, 0.15) is 30.9 Å². The van der Waals surface area contributed by atoms with Crippen LogP contribution in [0, 0.1) is 0 Å². The largest absolute Gasteiger partial charge is 0.374 e. The van der Waals surface area contributed by atoms with Gasteiger partial charge in [-0.25, -0.2) is 8.42 Å². The minimum absolute atomic E-state index is 0. The van der Waals surface area contributed by atoms with Crippen molar-refractivity contribution < 1.29 is 8.42 Å². The van der Waals surface area contributed by atoms with Gasteiger partial charge in [-0.3, -0.25) is 4.99 Å². The third-order valence-electron chi connectivity index (χ3n) is 4.48. The van der Waals surface area contributed by atoms with E-state index in [1.165, 1.54) is 29.5 Å². The molecule has 1 unspecified atom stereocenters. The Balaban J connectivity index is 0.00000338. The fourth-order valence-corrected chi connectivity index (χ4v) is 3.81. The van der Waals surface area contributed by atoms with E-state index in [1.807, 2.05) is 6.92 Å². The molecule has 0 saturated heterocycles. The molecule has 1 aliphatic rings. The van der Waals surface area contributed by atoms with E-state index in [0.717, 1.165) is 13.0 Å². The number of rotatable bonds is 6. The summed E-state index contributed by atoms with van der Waals surface area (Å²) in [4.78, 5) is 6.53. The minimum atomic E-state index is -2.93. The van der Waals surface area contributed by atoms with Crippen LogP contribution >= 0.6 is 24.0 Å². The Bertz CT molecular complexity index is 722. The number of guanidine groups is 1. The highest BCUT2D eigenvalue weighted by atomic mass is 127. The second-order valence-corrected chi connectivity index (χ2v) is 9.14. The standard InChI is InChI=1S/C18H30N4O2S.HI/c1-14(9-11-25(4,23)24)21-18(19-2)20-13-15-7-8-17-16(12-15)6-5-10-22(17)3;/h7-8,12,14H,5-6,9-11,13H2,1-4H3,(H2,19,20,21);1H. The number of anilines is 1. The first kappa shape index (κ1) is 23.0. The number of fused-ring (bicyclic) bond motifs is 1. The topological polar surface area (TPSA) is 73.8 Å². The van der Waals surface area contributed by atoms with E-state index in [2.05, 4.69) is 45.8 Å². The average Bonchev–Trinajstić information content (AvgIpc) is 2.56. The van der Waals surface area contributed by atoms with Gasteiger partial charge >= 0.3 is 0 Å². The predicted molar refractivity (Wildman–Crippen MR) is 121 cm³/mol. The summed E-state index contributed by atoms with van der Waals surface area (Å²) in [5.74, 6) is 0.868. The molecule has 2 N–H and O–H groups in total. The van der Waals surface area contributed by atoms with Crippen LogP contribution in [0.5, 0.6) is 0 Å². The van der Waals surface area contributed by atoms with Crippen LogP contribution in [0.4, 0.5) is 5.69 Å². The van der Waals surface area contributed by atoms with Gasteiger partial charge < -0.3 is 15.5 Å². The highest BCUT2D eigenvalue weighted by Gasteiger charge is 2.14. The van der Waals surface area contributed by atoms with E-state index < -0.39 is 9.84 Å². The molecule has 0 fully saturated rings. The lowest BCUT2D eigenvalue weighted by molar-refractivity contribution is 0.581. The maximum Gasteiger partial charge on any atom is 0.191 e. The lowest BCUT2D eigenvalue weighted by Gasteiger charge is -2.28. The summed E-state index contributed by atoms with van der Waals surface area (Å²) in [5.41, 5.74) is 3.95. The quantitative estimate of drug-likeness (QED) is 0.361. The lowest BCUT2D eigenvalue weighted by atomic mass is 9.99. The first-order valence-electron chi connectivity index (χ1n) is 8.76. The number of aliphatic imine (C=N–C) groups is 1. The van der Waals surface area contributed by atoms with Crippen molar-refractivity contribution in [3.05, 3.63) is 29.3 Å². The number of hydrogen-bond donors (Lipinski definition) is 2. The van der Waals surface area contributed by atoms with Crippen LogP contribution in [-0.2, 0) is 22.8 Å². The lowest BCUT2D eigenvalue weighted by Crippen LogP contribution is -2.42. The molecule has 0 bridgehead atoms. The molecule has 1 aromatic rings. The summed E-state index contributed by atoms with van der Waals surface area (Å²) in [6.07, 6.45) is 4.15. The molecular weight excluding hydrogens is 463 g/mol. The molecule has 8 heteroatoms. The summed E-state index contributed by atoms with van der Waals surface area (Å²) < 4.78 is 22.5. The third-order valence-corrected chi connectivity index (χ3v) is 5.46.